The van der Waals surface area contributed by atoms with E-state index in [1.165, 1.54) is 16.1 Å². The molecule has 0 bridgehead atoms. The first-order valence-electron chi connectivity index (χ1n) is 10.5. The summed E-state index contributed by atoms with van der Waals surface area (Å²) < 4.78 is 31.8. The summed E-state index contributed by atoms with van der Waals surface area (Å²) in [5.41, 5.74) is 1.84. The van der Waals surface area contributed by atoms with E-state index < -0.39 is 16.1 Å². The van der Waals surface area contributed by atoms with E-state index in [0.717, 1.165) is 19.3 Å². The fourth-order valence-electron chi connectivity index (χ4n) is 4.36. The third-order valence-corrected chi connectivity index (χ3v) is 7.15. The highest BCUT2D eigenvalue weighted by Crippen LogP contribution is 2.34. The molecule has 1 saturated heterocycles. The van der Waals surface area contributed by atoms with Crippen LogP contribution in [0.25, 0.3) is 0 Å². The molecule has 2 heterocycles. The Kier molecular flexibility index (Phi) is 5.99. The lowest BCUT2D eigenvalue weighted by Gasteiger charge is -2.34. The number of carbonyl (C=O) groups is 1. The van der Waals surface area contributed by atoms with E-state index in [1.807, 2.05) is 11.0 Å². The summed E-state index contributed by atoms with van der Waals surface area (Å²) in [5.74, 6) is 0.976. The van der Waals surface area contributed by atoms with Gasteiger partial charge in [-0.3, -0.25) is 9.10 Å². The maximum atomic E-state index is 13.2. The van der Waals surface area contributed by atoms with Crippen molar-refractivity contribution in [3.8, 4) is 5.75 Å². The summed E-state index contributed by atoms with van der Waals surface area (Å²) in [5, 5.41) is 0. The number of piperidine rings is 1. The average Bonchev–Trinajstić information content (AvgIpc) is 2.94. The van der Waals surface area contributed by atoms with E-state index in [4.69, 9.17) is 4.74 Å². The van der Waals surface area contributed by atoms with Crippen LogP contribution in [0.5, 0.6) is 5.75 Å². The number of hydrogen-bond donors (Lipinski definition) is 0. The minimum absolute atomic E-state index is 0.0432. The molecule has 0 spiro atoms. The van der Waals surface area contributed by atoms with Gasteiger partial charge in [-0.1, -0.05) is 42.5 Å². The quantitative estimate of drug-likeness (QED) is 0.751. The second-order valence-electron chi connectivity index (χ2n) is 8.16. The van der Waals surface area contributed by atoms with Crippen LogP contribution < -0.4 is 9.04 Å². The first-order chi connectivity index (χ1) is 14.4. The van der Waals surface area contributed by atoms with Gasteiger partial charge in [0.25, 0.3) is 5.91 Å². The van der Waals surface area contributed by atoms with Crippen molar-refractivity contribution in [2.24, 2.45) is 5.92 Å². The zero-order valence-electron chi connectivity index (χ0n) is 17.2. The summed E-state index contributed by atoms with van der Waals surface area (Å²) in [7, 11) is -3.45. The van der Waals surface area contributed by atoms with E-state index in [1.54, 1.807) is 24.3 Å². The molecule has 1 fully saturated rings. The van der Waals surface area contributed by atoms with Crippen molar-refractivity contribution >= 4 is 21.6 Å². The molecule has 6 nitrogen and oxygen atoms in total. The number of carbonyl (C=O) groups excluding carboxylic acids is 1. The lowest BCUT2D eigenvalue weighted by molar-refractivity contribution is -0.140. The van der Waals surface area contributed by atoms with Gasteiger partial charge in [-0.05, 0) is 42.9 Å². The summed E-state index contributed by atoms with van der Waals surface area (Å²) in [6, 6.07) is 17.5. The molecule has 160 valence electrons. The van der Waals surface area contributed by atoms with Crippen LogP contribution in [0.2, 0.25) is 0 Å². The van der Waals surface area contributed by atoms with Gasteiger partial charge in [0.05, 0.1) is 11.9 Å². The van der Waals surface area contributed by atoms with Gasteiger partial charge in [0.1, 0.15) is 5.75 Å². The van der Waals surface area contributed by atoms with Gasteiger partial charge in [0.2, 0.25) is 10.0 Å². The van der Waals surface area contributed by atoms with E-state index in [9.17, 15) is 13.2 Å². The number of fused-ring (bicyclic) bond motifs is 1. The Morgan fingerprint density at radius 1 is 0.967 bits per heavy atom. The lowest BCUT2D eigenvalue weighted by Crippen LogP contribution is -2.46. The fourth-order valence-corrected chi connectivity index (χ4v) is 5.30. The van der Waals surface area contributed by atoms with Crippen LogP contribution >= 0.6 is 0 Å². The highest BCUT2D eigenvalue weighted by Gasteiger charge is 2.34. The SMILES string of the molecule is CS(=O)(=O)N1CC[C@@H](C(=O)N2CCC(Cc3ccccc3)CC2)Oc2ccccc21. The minimum Gasteiger partial charge on any atom is -0.478 e. The van der Waals surface area contributed by atoms with E-state index >= 15 is 0 Å². The van der Waals surface area contributed by atoms with Crippen molar-refractivity contribution in [3.05, 3.63) is 60.2 Å². The number of anilines is 1. The predicted molar refractivity (Wildman–Crippen MR) is 117 cm³/mol. The highest BCUT2D eigenvalue weighted by molar-refractivity contribution is 7.92. The Bertz CT molecular complexity index is 985. The third-order valence-electron chi connectivity index (χ3n) is 5.97. The number of sulfonamides is 1. The molecule has 4 rings (SSSR count). The number of rotatable bonds is 4. The molecule has 2 aromatic rings. The van der Waals surface area contributed by atoms with E-state index in [2.05, 4.69) is 24.3 Å². The number of likely N-dealkylation sites (tertiary alicyclic amines) is 1. The van der Waals surface area contributed by atoms with Crippen LogP contribution in [0.4, 0.5) is 5.69 Å². The van der Waals surface area contributed by atoms with Crippen LogP contribution in [-0.4, -0.2) is 51.2 Å². The standard InChI is InChI=1S/C23H28N2O4S/c1-30(27,28)25-16-13-22(29-21-10-6-5-9-20(21)25)23(26)24-14-11-19(12-15-24)17-18-7-3-2-4-8-18/h2-10,19,22H,11-17H2,1H3/t22-/m0/s1. The number of nitrogens with zero attached hydrogens (tertiary/aromatic N) is 2. The molecule has 0 saturated carbocycles. The molecule has 1 atom stereocenters. The van der Waals surface area contributed by atoms with Crippen molar-refractivity contribution in [3.63, 3.8) is 0 Å². The van der Waals surface area contributed by atoms with Crippen LogP contribution in [0, 0.1) is 5.92 Å². The Labute approximate surface area is 178 Å². The maximum absolute atomic E-state index is 13.2. The minimum atomic E-state index is -3.45. The smallest absolute Gasteiger partial charge is 0.263 e. The molecule has 0 radical (unpaired) electrons. The molecule has 7 heteroatoms. The second-order valence-corrected chi connectivity index (χ2v) is 10.1. The highest BCUT2D eigenvalue weighted by atomic mass is 32.2. The molecule has 0 unspecified atom stereocenters. The summed E-state index contributed by atoms with van der Waals surface area (Å²) >= 11 is 0. The monoisotopic (exact) mass is 428 g/mol. The molecule has 0 aliphatic carbocycles. The number of para-hydroxylation sites is 2. The van der Waals surface area contributed by atoms with Gasteiger partial charge in [-0.25, -0.2) is 8.42 Å². The van der Waals surface area contributed by atoms with Gasteiger partial charge in [0.15, 0.2) is 6.10 Å². The van der Waals surface area contributed by atoms with Crippen molar-refractivity contribution in [2.45, 2.75) is 31.8 Å². The predicted octanol–water partition coefficient (Wildman–Crippen LogP) is 3.09. The first kappa shape index (κ1) is 20.7. The topological polar surface area (TPSA) is 66.9 Å². The van der Waals surface area contributed by atoms with Crippen molar-refractivity contribution in [2.75, 3.05) is 30.2 Å². The average molecular weight is 429 g/mol. The molecular weight excluding hydrogens is 400 g/mol. The Balaban J connectivity index is 1.41. The van der Waals surface area contributed by atoms with Crippen LogP contribution in [0.3, 0.4) is 0 Å². The number of benzene rings is 2. The Morgan fingerprint density at radius 2 is 1.63 bits per heavy atom. The van der Waals surface area contributed by atoms with Crippen molar-refractivity contribution in [1.82, 2.24) is 4.90 Å². The van der Waals surface area contributed by atoms with Gasteiger partial charge < -0.3 is 9.64 Å². The van der Waals surface area contributed by atoms with E-state index in [0.29, 0.717) is 36.9 Å². The normalized spacial score (nSPS) is 20.2. The fraction of sp³-hybridized carbons (Fsp3) is 0.435. The largest absolute Gasteiger partial charge is 0.478 e. The number of amides is 1. The lowest BCUT2D eigenvalue weighted by atomic mass is 9.90. The van der Waals surface area contributed by atoms with Crippen LogP contribution in [-0.2, 0) is 21.2 Å². The summed E-state index contributed by atoms with van der Waals surface area (Å²) in [4.78, 5) is 15.0. The Morgan fingerprint density at radius 3 is 2.33 bits per heavy atom. The van der Waals surface area contributed by atoms with Gasteiger partial charge in [-0.2, -0.15) is 0 Å². The maximum Gasteiger partial charge on any atom is 0.263 e. The molecule has 1 amide bonds. The molecule has 0 aromatic heterocycles. The zero-order chi connectivity index (χ0) is 21.1. The zero-order valence-corrected chi connectivity index (χ0v) is 18.1. The summed E-state index contributed by atoms with van der Waals surface area (Å²) in [6.07, 6.45) is 3.84. The van der Waals surface area contributed by atoms with Crippen LogP contribution in [0.15, 0.2) is 54.6 Å². The second kappa shape index (κ2) is 8.68. The number of hydrogen-bond acceptors (Lipinski definition) is 4. The number of ether oxygens (including phenoxy) is 1. The summed E-state index contributed by atoms with van der Waals surface area (Å²) in [6.45, 7) is 1.66. The Hall–Kier alpha value is -2.54. The molecule has 30 heavy (non-hydrogen) atoms. The first-order valence-corrected chi connectivity index (χ1v) is 12.3. The molecule has 2 aromatic carbocycles. The van der Waals surface area contributed by atoms with Gasteiger partial charge in [-0.15, -0.1) is 0 Å². The van der Waals surface area contributed by atoms with Crippen molar-refractivity contribution < 1.29 is 17.9 Å². The molecule has 2 aliphatic heterocycles. The molecule has 0 N–H and O–H groups in total. The van der Waals surface area contributed by atoms with Crippen molar-refractivity contribution in [1.29, 1.82) is 0 Å². The third kappa shape index (κ3) is 4.61. The van der Waals surface area contributed by atoms with Gasteiger partial charge in [0, 0.05) is 26.1 Å². The molecular formula is C23H28N2O4S. The van der Waals surface area contributed by atoms with E-state index in [-0.39, 0.29) is 12.5 Å². The van der Waals surface area contributed by atoms with Crippen LogP contribution in [0.1, 0.15) is 24.8 Å². The molecule has 2 aliphatic rings. The van der Waals surface area contributed by atoms with Gasteiger partial charge >= 0.3 is 0 Å².